The van der Waals surface area contributed by atoms with Gasteiger partial charge in [0, 0.05) is 10.6 Å². The Morgan fingerprint density at radius 3 is 2.70 bits per heavy atom. The number of Topliss-reactive ketones (excluding diaryl/α,β-unsaturated/α-hetero) is 1. The molecule has 3 aromatic carbocycles. The van der Waals surface area contributed by atoms with E-state index in [0.717, 1.165) is 4.70 Å². The largest absolute Gasteiger partial charge is 0.507 e. The first-order valence-corrected chi connectivity index (χ1v) is 12.5. The topological polar surface area (TPSA) is 109 Å². The van der Waals surface area contributed by atoms with Gasteiger partial charge < -0.3 is 19.7 Å². The number of anilines is 1. The number of phenols is 1. The Balaban J connectivity index is 1.74. The third kappa shape index (κ3) is 4.36. The van der Waals surface area contributed by atoms with Crippen molar-refractivity contribution in [3.63, 3.8) is 0 Å². The second-order valence-electron chi connectivity index (χ2n) is 8.17. The van der Waals surface area contributed by atoms with Crippen LogP contribution in [0.15, 0.2) is 66.2 Å². The first kappa shape index (κ1) is 24.6. The molecule has 1 amide bonds. The Morgan fingerprint density at radius 2 is 1.95 bits per heavy atom. The van der Waals surface area contributed by atoms with E-state index in [1.165, 1.54) is 29.4 Å². The number of nitrogens with zero attached hydrogens (tertiary/aromatic N) is 2. The summed E-state index contributed by atoms with van der Waals surface area (Å²) in [7, 11) is 1.49. The predicted molar refractivity (Wildman–Crippen MR) is 142 cm³/mol. The van der Waals surface area contributed by atoms with Gasteiger partial charge in [-0.3, -0.25) is 14.5 Å². The van der Waals surface area contributed by atoms with E-state index in [1.807, 2.05) is 0 Å². The molecule has 1 aliphatic heterocycles. The number of hydrogen-bond acceptors (Lipinski definition) is 8. The zero-order chi connectivity index (χ0) is 26.3. The zero-order valence-corrected chi connectivity index (χ0v) is 21.3. The summed E-state index contributed by atoms with van der Waals surface area (Å²) in [6, 6.07) is 15.2. The fourth-order valence-electron chi connectivity index (χ4n) is 4.23. The lowest BCUT2D eigenvalue weighted by Crippen LogP contribution is -2.29. The fourth-order valence-corrected chi connectivity index (χ4v) is 5.50. The molecule has 1 aromatic heterocycles. The van der Waals surface area contributed by atoms with Crippen molar-refractivity contribution in [3.8, 4) is 17.2 Å². The van der Waals surface area contributed by atoms with Gasteiger partial charge in [0.15, 0.2) is 16.6 Å². The molecule has 1 aliphatic rings. The Labute approximate surface area is 221 Å². The lowest BCUT2D eigenvalue weighted by Gasteiger charge is -2.23. The van der Waals surface area contributed by atoms with Crippen LogP contribution in [0.3, 0.4) is 0 Å². The molecular weight excluding hydrogens is 516 g/mol. The second kappa shape index (κ2) is 9.76. The second-order valence-corrected chi connectivity index (χ2v) is 9.62. The summed E-state index contributed by atoms with van der Waals surface area (Å²) in [4.78, 5) is 32.7. The fraction of sp³-hybridized carbons (Fsp3) is 0.148. The number of aliphatic hydroxyl groups excluding tert-OH is 1. The van der Waals surface area contributed by atoms with Crippen LogP contribution in [0.2, 0.25) is 5.02 Å². The smallest absolute Gasteiger partial charge is 0.301 e. The molecule has 8 nitrogen and oxygen atoms in total. The van der Waals surface area contributed by atoms with Crippen LogP contribution in [0.5, 0.6) is 17.2 Å². The monoisotopic (exact) mass is 536 g/mol. The van der Waals surface area contributed by atoms with Crippen LogP contribution in [0.25, 0.3) is 16.0 Å². The quantitative estimate of drug-likeness (QED) is 0.185. The maximum atomic E-state index is 13.4. The highest BCUT2D eigenvalue weighted by Gasteiger charge is 2.48. The normalized spacial score (nSPS) is 16.9. The molecule has 1 atom stereocenters. The van der Waals surface area contributed by atoms with Crippen molar-refractivity contribution in [3.05, 3.63) is 82.4 Å². The molecule has 1 unspecified atom stereocenters. The van der Waals surface area contributed by atoms with E-state index in [4.69, 9.17) is 21.1 Å². The van der Waals surface area contributed by atoms with Crippen molar-refractivity contribution in [1.82, 2.24) is 4.98 Å². The minimum absolute atomic E-state index is 0.0926. The Kier molecular flexibility index (Phi) is 6.49. The number of amides is 1. The van der Waals surface area contributed by atoms with E-state index in [2.05, 4.69) is 4.98 Å². The van der Waals surface area contributed by atoms with Gasteiger partial charge >= 0.3 is 5.91 Å². The summed E-state index contributed by atoms with van der Waals surface area (Å²) in [5, 5.41) is 22.4. The van der Waals surface area contributed by atoms with Gasteiger partial charge in [0.05, 0.1) is 35.5 Å². The van der Waals surface area contributed by atoms with Crippen molar-refractivity contribution < 1.29 is 29.3 Å². The van der Waals surface area contributed by atoms with Gasteiger partial charge in [0.2, 0.25) is 0 Å². The maximum absolute atomic E-state index is 13.4. The zero-order valence-electron chi connectivity index (χ0n) is 19.8. The average Bonchev–Trinajstić information content (AvgIpc) is 3.42. The summed E-state index contributed by atoms with van der Waals surface area (Å²) in [5.41, 5.74) is 1.24. The molecule has 1 saturated heterocycles. The van der Waals surface area contributed by atoms with E-state index in [-0.39, 0.29) is 28.0 Å². The number of thiazole rings is 1. The highest BCUT2D eigenvalue weighted by molar-refractivity contribution is 7.22. The molecule has 37 heavy (non-hydrogen) atoms. The number of halogens is 1. The van der Waals surface area contributed by atoms with Gasteiger partial charge in [-0.25, -0.2) is 4.98 Å². The van der Waals surface area contributed by atoms with E-state index in [0.29, 0.717) is 34.0 Å². The Hall–Kier alpha value is -4.08. The number of fused-ring (bicyclic) bond motifs is 1. The van der Waals surface area contributed by atoms with Crippen LogP contribution >= 0.6 is 22.9 Å². The van der Waals surface area contributed by atoms with Gasteiger partial charge in [-0.2, -0.15) is 0 Å². The molecule has 5 rings (SSSR count). The Bertz CT molecular complexity index is 1580. The van der Waals surface area contributed by atoms with Crippen LogP contribution in [0.1, 0.15) is 24.1 Å². The first-order valence-electron chi connectivity index (χ1n) is 11.3. The SMILES string of the molecule is CCOc1cc(C2C(=C(O)c3cccc(OC)c3)C(=O)C(=O)N2c2nc3ccc(Cl)cc3s2)ccc1O. The number of aromatic hydroxyl groups is 1. The predicted octanol–water partition coefficient (Wildman–Crippen LogP) is 5.69. The molecule has 10 heteroatoms. The highest BCUT2D eigenvalue weighted by atomic mass is 35.5. The first-order chi connectivity index (χ1) is 17.8. The van der Waals surface area contributed by atoms with Gasteiger partial charge in [-0.05, 0) is 55.0 Å². The number of hydrogen-bond donors (Lipinski definition) is 2. The Morgan fingerprint density at radius 1 is 1.14 bits per heavy atom. The number of rotatable bonds is 6. The third-order valence-corrected chi connectivity index (χ3v) is 7.18. The standard InChI is InChI=1S/C27H21ClN2O6S/c1-3-36-20-12-14(7-10-19(20)31)23-22(24(32)15-5-4-6-17(11-15)35-2)25(33)26(34)30(23)27-29-18-9-8-16(28)13-21(18)37-27/h4-13,23,31-32H,3H2,1-2H3. The molecule has 0 bridgehead atoms. The van der Waals surface area contributed by atoms with Crippen LogP contribution in [-0.2, 0) is 9.59 Å². The molecule has 2 N–H and O–H groups in total. The van der Waals surface area contributed by atoms with E-state index in [9.17, 15) is 19.8 Å². The summed E-state index contributed by atoms with van der Waals surface area (Å²) >= 11 is 7.34. The number of phenolic OH excluding ortho intramolecular Hbond substituents is 1. The van der Waals surface area contributed by atoms with Crippen LogP contribution in [0, 0.1) is 0 Å². The van der Waals surface area contributed by atoms with E-state index >= 15 is 0 Å². The van der Waals surface area contributed by atoms with Gasteiger partial charge in [0.25, 0.3) is 5.78 Å². The third-order valence-electron chi connectivity index (χ3n) is 5.93. The number of carbonyl (C=O) groups is 2. The minimum atomic E-state index is -1.04. The van der Waals surface area contributed by atoms with Crippen molar-refractivity contribution in [2.24, 2.45) is 0 Å². The molecule has 188 valence electrons. The molecule has 2 heterocycles. The summed E-state index contributed by atoms with van der Waals surface area (Å²) < 4.78 is 11.5. The lowest BCUT2D eigenvalue weighted by molar-refractivity contribution is -0.132. The number of aliphatic hydroxyl groups is 1. The van der Waals surface area contributed by atoms with Crippen molar-refractivity contribution in [2.75, 3.05) is 18.6 Å². The summed E-state index contributed by atoms with van der Waals surface area (Å²) in [6.45, 7) is 2.06. The molecule has 0 aliphatic carbocycles. The van der Waals surface area contributed by atoms with Crippen LogP contribution in [-0.4, -0.2) is 40.6 Å². The maximum Gasteiger partial charge on any atom is 0.301 e. The number of carbonyl (C=O) groups excluding carboxylic acids is 2. The van der Waals surface area contributed by atoms with Gasteiger partial charge in [-0.15, -0.1) is 0 Å². The van der Waals surface area contributed by atoms with E-state index < -0.39 is 17.7 Å². The molecule has 0 spiro atoms. The van der Waals surface area contributed by atoms with E-state index in [1.54, 1.807) is 61.5 Å². The molecule has 4 aromatic rings. The van der Waals surface area contributed by atoms with Crippen molar-refractivity contribution in [2.45, 2.75) is 13.0 Å². The number of benzene rings is 3. The summed E-state index contributed by atoms with van der Waals surface area (Å²) in [5.74, 6) is -1.51. The number of ether oxygens (including phenoxy) is 2. The van der Waals surface area contributed by atoms with Crippen LogP contribution in [0.4, 0.5) is 5.13 Å². The molecule has 0 saturated carbocycles. The highest BCUT2D eigenvalue weighted by Crippen LogP contribution is 2.46. The van der Waals surface area contributed by atoms with Crippen molar-refractivity contribution in [1.29, 1.82) is 0 Å². The van der Waals surface area contributed by atoms with Gasteiger partial charge in [-0.1, -0.05) is 41.1 Å². The molecular formula is C27H21ClN2O6S. The molecule has 0 radical (unpaired) electrons. The lowest BCUT2D eigenvalue weighted by atomic mass is 9.95. The minimum Gasteiger partial charge on any atom is -0.507 e. The number of methoxy groups -OCH3 is 1. The average molecular weight is 537 g/mol. The number of ketones is 1. The van der Waals surface area contributed by atoms with Crippen LogP contribution < -0.4 is 14.4 Å². The molecule has 1 fully saturated rings. The van der Waals surface area contributed by atoms with Crippen molar-refractivity contribution >= 4 is 55.7 Å². The van der Waals surface area contributed by atoms with Gasteiger partial charge in [0.1, 0.15) is 11.5 Å². The summed E-state index contributed by atoms with van der Waals surface area (Å²) in [6.07, 6.45) is 0. The number of aromatic nitrogens is 1.